The van der Waals surface area contributed by atoms with Gasteiger partial charge in [0, 0.05) is 44.0 Å². The average molecular weight is 322 g/mol. The molecule has 0 amide bonds. The van der Waals surface area contributed by atoms with E-state index in [9.17, 15) is 0 Å². The van der Waals surface area contributed by atoms with E-state index in [4.69, 9.17) is 0 Å². The Bertz CT molecular complexity index is 671. The summed E-state index contributed by atoms with van der Waals surface area (Å²) >= 11 is 0. The van der Waals surface area contributed by atoms with Crippen LogP contribution >= 0.6 is 0 Å². The predicted molar refractivity (Wildman–Crippen MR) is 97.2 cm³/mol. The maximum absolute atomic E-state index is 4.66. The molecule has 0 atom stereocenters. The van der Waals surface area contributed by atoms with Crippen molar-refractivity contribution in [3.63, 3.8) is 0 Å². The molecular formula is C20H26N4. The molecule has 1 aromatic carbocycles. The number of nitrogens with zero attached hydrogens (tertiary/aromatic N) is 4. The van der Waals surface area contributed by atoms with Gasteiger partial charge in [-0.3, -0.25) is 4.90 Å². The molecule has 24 heavy (non-hydrogen) atoms. The molecule has 1 aliphatic heterocycles. The highest BCUT2D eigenvalue weighted by atomic mass is 15.2. The second-order valence-electron chi connectivity index (χ2n) is 6.93. The third-order valence-corrected chi connectivity index (χ3v) is 5.24. The van der Waals surface area contributed by atoms with E-state index in [-0.39, 0.29) is 0 Å². The number of aromatic nitrogens is 2. The van der Waals surface area contributed by atoms with Gasteiger partial charge in [0.1, 0.15) is 12.1 Å². The second-order valence-corrected chi connectivity index (χ2v) is 6.93. The van der Waals surface area contributed by atoms with E-state index in [0.717, 1.165) is 39.0 Å². The first-order valence-corrected chi connectivity index (χ1v) is 9.24. The molecule has 2 heterocycles. The molecule has 4 heteroatoms. The largest absolute Gasteiger partial charge is 0.355 e. The minimum atomic E-state index is 1.05. The van der Waals surface area contributed by atoms with Gasteiger partial charge in [-0.25, -0.2) is 9.97 Å². The zero-order valence-corrected chi connectivity index (χ0v) is 14.3. The fourth-order valence-electron chi connectivity index (χ4n) is 3.96. The number of fused-ring (bicyclic) bond motifs is 1. The van der Waals surface area contributed by atoms with Gasteiger partial charge in [-0.05, 0) is 37.7 Å². The topological polar surface area (TPSA) is 32.3 Å². The fraction of sp³-hybridized carbons (Fsp3) is 0.500. The Morgan fingerprint density at radius 2 is 1.71 bits per heavy atom. The van der Waals surface area contributed by atoms with Crippen LogP contribution in [0.4, 0.5) is 5.82 Å². The summed E-state index contributed by atoms with van der Waals surface area (Å²) < 4.78 is 0. The Labute approximate surface area is 144 Å². The van der Waals surface area contributed by atoms with Crippen molar-refractivity contribution in [1.29, 1.82) is 0 Å². The van der Waals surface area contributed by atoms with E-state index in [1.54, 1.807) is 6.33 Å². The highest BCUT2D eigenvalue weighted by molar-refractivity contribution is 5.49. The van der Waals surface area contributed by atoms with E-state index in [1.807, 2.05) is 0 Å². The van der Waals surface area contributed by atoms with Crippen molar-refractivity contribution in [1.82, 2.24) is 14.9 Å². The smallest absolute Gasteiger partial charge is 0.135 e. The van der Waals surface area contributed by atoms with Crippen LogP contribution in [0.2, 0.25) is 0 Å². The van der Waals surface area contributed by atoms with Crippen LogP contribution in [0.1, 0.15) is 36.1 Å². The lowest BCUT2D eigenvalue weighted by Crippen LogP contribution is -2.32. The molecule has 1 aromatic heterocycles. The molecule has 0 spiro atoms. The summed E-state index contributed by atoms with van der Waals surface area (Å²) in [6, 6.07) is 10.8. The van der Waals surface area contributed by atoms with Gasteiger partial charge in [0.25, 0.3) is 0 Å². The Morgan fingerprint density at radius 1 is 0.833 bits per heavy atom. The molecule has 0 saturated carbocycles. The molecule has 4 rings (SSSR count). The Hall–Kier alpha value is -1.94. The summed E-state index contributed by atoms with van der Waals surface area (Å²) in [6.45, 7) is 5.49. The lowest BCUT2D eigenvalue weighted by molar-refractivity contribution is 0.285. The SMILES string of the molecule is c1ccc(CN2CCCN(c3ncnc4c3CCCC4)CC2)cc1. The summed E-state index contributed by atoms with van der Waals surface area (Å²) in [5.74, 6) is 1.21. The van der Waals surface area contributed by atoms with Crippen LogP contribution in [-0.4, -0.2) is 41.0 Å². The summed E-state index contributed by atoms with van der Waals surface area (Å²) in [5, 5.41) is 0. The van der Waals surface area contributed by atoms with Gasteiger partial charge in [0.2, 0.25) is 0 Å². The van der Waals surface area contributed by atoms with Gasteiger partial charge in [0.05, 0.1) is 0 Å². The zero-order valence-electron chi connectivity index (χ0n) is 14.3. The number of hydrogen-bond donors (Lipinski definition) is 0. The minimum absolute atomic E-state index is 1.05. The third-order valence-electron chi connectivity index (χ3n) is 5.24. The third kappa shape index (κ3) is 3.44. The van der Waals surface area contributed by atoms with Gasteiger partial charge < -0.3 is 4.90 Å². The maximum Gasteiger partial charge on any atom is 0.135 e. The number of aryl methyl sites for hydroxylation is 1. The molecule has 1 aliphatic carbocycles. The fourth-order valence-corrected chi connectivity index (χ4v) is 3.96. The van der Waals surface area contributed by atoms with Gasteiger partial charge in [-0.15, -0.1) is 0 Å². The summed E-state index contributed by atoms with van der Waals surface area (Å²) in [4.78, 5) is 14.3. The highest BCUT2D eigenvalue weighted by Crippen LogP contribution is 2.27. The quantitative estimate of drug-likeness (QED) is 0.869. The van der Waals surface area contributed by atoms with Gasteiger partial charge in [-0.1, -0.05) is 30.3 Å². The maximum atomic E-state index is 4.66. The van der Waals surface area contributed by atoms with Crippen molar-refractivity contribution < 1.29 is 0 Å². The van der Waals surface area contributed by atoms with E-state index in [1.165, 1.54) is 48.4 Å². The lowest BCUT2D eigenvalue weighted by Gasteiger charge is -2.27. The van der Waals surface area contributed by atoms with Crippen molar-refractivity contribution in [2.45, 2.75) is 38.6 Å². The molecule has 2 aliphatic rings. The van der Waals surface area contributed by atoms with Crippen LogP contribution in [0.25, 0.3) is 0 Å². The van der Waals surface area contributed by atoms with Crippen molar-refractivity contribution in [3.05, 3.63) is 53.5 Å². The van der Waals surface area contributed by atoms with Gasteiger partial charge in [0.15, 0.2) is 0 Å². The van der Waals surface area contributed by atoms with E-state index in [2.05, 4.69) is 50.1 Å². The van der Waals surface area contributed by atoms with Crippen LogP contribution in [0, 0.1) is 0 Å². The van der Waals surface area contributed by atoms with Crippen LogP contribution in [0.5, 0.6) is 0 Å². The summed E-state index contributed by atoms with van der Waals surface area (Å²) in [6.07, 6.45) is 7.79. The molecule has 126 valence electrons. The number of rotatable bonds is 3. The second kappa shape index (κ2) is 7.31. The van der Waals surface area contributed by atoms with Crippen LogP contribution in [0.15, 0.2) is 36.7 Å². The first-order chi connectivity index (χ1) is 11.9. The lowest BCUT2D eigenvalue weighted by atomic mass is 9.96. The Morgan fingerprint density at radius 3 is 2.62 bits per heavy atom. The first kappa shape index (κ1) is 15.6. The summed E-state index contributed by atoms with van der Waals surface area (Å²) in [5.41, 5.74) is 4.11. The van der Waals surface area contributed by atoms with E-state index >= 15 is 0 Å². The average Bonchev–Trinajstić information content (AvgIpc) is 2.88. The first-order valence-electron chi connectivity index (χ1n) is 9.24. The molecule has 2 aromatic rings. The van der Waals surface area contributed by atoms with Crippen molar-refractivity contribution >= 4 is 5.82 Å². The zero-order chi connectivity index (χ0) is 16.2. The number of anilines is 1. The Kier molecular flexibility index (Phi) is 4.74. The van der Waals surface area contributed by atoms with E-state index < -0.39 is 0 Å². The van der Waals surface area contributed by atoms with Crippen molar-refractivity contribution in [3.8, 4) is 0 Å². The van der Waals surface area contributed by atoms with Gasteiger partial charge >= 0.3 is 0 Å². The van der Waals surface area contributed by atoms with Crippen LogP contribution in [0.3, 0.4) is 0 Å². The van der Waals surface area contributed by atoms with Crippen LogP contribution in [-0.2, 0) is 19.4 Å². The molecule has 1 saturated heterocycles. The van der Waals surface area contributed by atoms with Crippen molar-refractivity contribution in [2.24, 2.45) is 0 Å². The molecule has 0 unspecified atom stereocenters. The molecule has 1 fully saturated rings. The molecule has 0 N–H and O–H groups in total. The molecule has 0 bridgehead atoms. The predicted octanol–water partition coefficient (Wildman–Crippen LogP) is 3.07. The molecule has 0 radical (unpaired) electrons. The van der Waals surface area contributed by atoms with Crippen LogP contribution < -0.4 is 4.90 Å². The van der Waals surface area contributed by atoms with E-state index in [0.29, 0.717) is 0 Å². The monoisotopic (exact) mass is 322 g/mol. The minimum Gasteiger partial charge on any atom is -0.355 e. The van der Waals surface area contributed by atoms with Gasteiger partial charge in [-0.2, -0.15) is 0 Å². The normalized spacial score (nSPS) is 18.9. The molecule has 4 nitrogen and oxygen atoms in total. The standard InChI is InChI=1S/C20H26N4/c1-2-7-17(8-3-1)15-23-11-6-12-24(14-13-23)20-18-9-4-5-10-19(18)21-16-22-20/h1-3,7-8,16H,4-6,9-15H2. The number of hydrogen-bond acceptors (Lipinski definition) is 4. The highest BCUT2D eigenvalue weighted by Gasteiger charge is 2.22. The van der Waals surface area contributed by atoms with Crippen molar-refractivity contribution in [2.75, 3.05) is 31.1 Å². The summed E-state index contributed by atoms with van der Waals surface area (Å²) in [7, 11) is 0. The molecular weight excluding hydrogens is 296 g/mol. The Balaban J connectivity index is 1.45. The number of benzene rings is 1.